The lowest BCUT2D eigenvalue weighted by atomic mass is 10.2. The Hall–Kier alpha value is -2.12. The number of aromatic carboxylic acids is 1. The van der Waals surface area contributed by atoms with Gasteiger partial charge in [-0.3, -0.25) is 4.72 Å². The maximum absolute atomic E-state index is 13.6. The Morgan fingerprint density at radius 3 is 2.55 bits per heavy atom. The van der Waals surface area contributed by atoms with E-state index >= 15 is 0 Å². The van der Waals surface area contributed by atoms with E-state index in [0.717, 1.165) is 6.07 Å². The number of carbonyl (C=O) groups is 1. The van der Waals surface area contributed by atoms with Gasteiger partial charge in [0.25, 0.3) is 10.0 Å². The molecule has 0 atom stereocenters. The fraction of sp³-hybridized carbons (Fsp3) is 0.0714. The topological polar surface area (TPSA) is 83.5 Å². The molecule has 0 amide bonds. The Kier molecular flexibility index (Phi) is 4.39. The van der Waals surface area contributed by atoms with Crippen molar-refractivity contribution >= 4 is 33.3 Å². The summed E-state index contributed by atoms with van der Waals surface area (Å²) in [6.45, 7) is 1.71. The third-order valence-corrected chi connectivity index (χ3v) is 4.70. The molecule has 0 bridgehead atoms. The molecule has 0 aliphatic carbocycles. The second-order valence-corrected chi connectivity index (χ2v) is 6.57. The molecule has 0 unspecified atom stereocenters. The second kappa shape index (κ2) is 5.94. The zero-order valence-electron chi connectivity index (χ0n) is 11.3. The van der Waals surface area contributed by atoms with E-state index < -0.39 is 27.4 Å². The first kappa shape index (κ1) is 16.3. The maximum Gasteiger partial charge on any atom is 0.340 e. The van der Waals surface area contributed by atoms with Crippen molar-refractivity contribution in [1.29, 1.82) is 0 Å². The number of halogens is 2. The highest BCUT2D eigenvalue weighted by Crippen LogP contribution is 2.25. The van der Waals surface area contributed by atoms with Crippen LogP contribution in [0.3, 0.4) is 0 Å². The number of hydrogen-bond acceptors (Lipinski definition) is 3. The van der Waals surface area contributed by atoms with Crippen LogP contribution in [0.5, 0.6) is 0 Å². The number of nitrogens with one attached hydrogen (secondary N) is 1. The molecule has 0 aliphatic rings. The van der Waals surface area contributed by atoms with Crippen LogP contribution in [-0.2, 0) is 10.0 Å². The van der Waals surface area contributed by atoms with E-state index in [2.05, 4.69) is 4.72 Å². The zero-order valence-corrected chi connectivity index (χ0v) is 12.9. The number of carboxylic acid groups (broad SMARTS) is 1. The Morgan fingerprint density at radius 2 is 1.95 bits per heavy atom. The normalized spacial score (nSPS) is 11.2. The van der Waals surface area contributed by atoms with Crippen LogP contribution in [0.25, 0.3) is 0 Å². The van der Waals surface area contributed by atoms with Crippen LogP contribution in [0.1, 0.15) is 15.9 Å². The molecule has 2 rings (SSSR count). The Bertz CT molecular complexity index is 852. The lowest BCUT2D eigenvalue weighted by molar-refractivity contribution is 0.0693. The number of anilines is 1. The average molecular weight is 344 g/mol. The highest BCUT2D eigenvalue weighted by Gasteiger charge is 2.21. The van der Waals surface area contributed by atoms with Gasteiger partial charge in [0.1, 0.15) is 11.4 Å². The minimum atomic E-state index is -4.09. The summed E-state index contributed by atoms with van der Waals surface area (Å²) in [5.74, 6) is -2.60. The van der Waals surface area contributed by atoms with Crippen molar-refractivity contribution in [2.75, 3.05) is 4.72 Å². The summed E-state index contributed by atoms with van der Waals surface area (Å²) < 4.78 is 40.2. The lowest BCUT2D eigenvalue weighted by Gasteiger charge is -2.11. The molecule has 0 saturated carbocycles. The smallest absolute Gasteiger partial charge is 0.340 e. The van der Waals surface area contributed by atoms with Gasteiger partial charge in [0.15, 0.2) is 0 Å². The van der Waals surface area contributed by atoms with Crippen LogP contribution in [0, 0.1) is 12.7 Å². The zero-order chi connectivity index (χ0) is 16.5. The Labute approximate surface area is 131 Å². The fourth-order valence-corrected chi connectivity index (χ4v) is 3.11. The minimum absolute atomic E-state index is 0.149. The van der Waals surface area contributed by atoms with Gasteiger partial charge >= 0.3 is 5.97 Å². The van der Waals surface area contributed by atoms with Gasteiger partial charge in [0.05, 0.1) is 10.6 Å². The Morgan fingerprint density at radius 1 is 1.27 bits per heavy atom. The van der Waals surface area contributed by atoms with Gasteiger partial charge < -0.3 is 5.11 Å². The molecule has 8 heteroatoms. The monoisotopic (exact) mass is 343 g/mol. The van der Waals surface area contributed by atoms with Gasteiger partial charge in [-0.05, 0) is 36.8 Å². The van der Waals surface area contributed by atoms with Gasteiger partial charge in [0, 0.05) is 5.02 Å². The van der Waals surface area contributed by atoms with Crippen LogP contribution >= 0.6 is 11.6 Å². The van der Waals surface area contributed by atoms with Crippen LogP contribution in [-0.4, -0.2) is 19.5 Å². The molecule has 5 nitrogen and oxygen atoms in total. The summed E-state index contributed by atoms with van der Waals surface area (Å²) in [4.78, 5) is 10.9. The number of carboxylic acids is 1. The first-order valence-corrected chi connectivity index (χ1v) is 7.89. The van der Waals surface area contributed by atoms with Crippen molar-refractivity contribution in [2.24, 2.45) is 0 Å². The first-order chi connectivity index (χ1) is 10.2. The lowest BCUT2D eigenvalue weighted by Crippen LogP contribution is -2.16. The summed E-state index contributed by atoms with van der Waals surface area (Å²) in [6.07, 6.45) is 0. The first-order valence-electron chi connectivity index (χ1n) is 6.03. The molecule has 2 N–H and O–H groups in total. The number of rotatable bonds is 4. The highest BCUT2D eigenvalue weighted by atomic mass is 35.5. The minimum Gasteiger partial charge on any atom is -0.478 e. The molecular formula is C14H11ClFNO4S. The van der Waals surface area contributed by atoms with Gasteiger partial charge in [-0.15, -0.1) is 0 Å². The number of benzene rings is 2. The van der Waals surface area contributed by atoms with E-state index in [1.54, 1.807) is 6.92 Å². The SMILES string of the molecule is Cc1ccc(S(=O)(=O)Nc2cccc(F)c2C(=O)O)cc1Cl. The average Bonchev–Trinajstić information content (AvgIpc) is 2.40. The van der Waals surface area contributed by atoms with Crippen molar-refractivity contribution in [2.45, 2.75) is 11.8 Å². The molecule has 0 saturated heterocycles. The van der Waals surface area contributed by atoms with Crippen LogP contribution in [0.15, 0.2) is 41.3 Å². The van der Waals surface area contributed by atoms with Crippen molar-refractivity contribution in [3.63, 3.8) is 0 Å². The molecule has 116 valence electrons. The molecule has 0 spiro atoms. The number of hydrogen-bond donors (Lipinski definition) is 2. The van der Waals surface area contributed by atoms with E-state index in [0.29, 0.717) is 5.56 Å². The van der Waals surface area contributed by atoms with Gasteiger partial charge in [0.2, 0.25) is 0 Å². The second-order valence-electron chi connectivity index (χ2n) is 4.48. The molecular weight excluding hydrogens is 333 g/mol. The van der Waals surface area contributed by atoms with E-state index in [9.17, 15) is 17.6 Å². The molecule has 2 aromatic rings. The van der Waals surface area contributed by atoms with Gasteiger partial charge in [-0.1, -0.05) is 23.7 Å². The van der Waals surface area contributed by atoms with Crippen LogP contribution in [0.4, 0.5) is 10.1 Å². The maximum atomic E-state index is 13.6. The molecule has 0 aromatic heterocycles. The molecule has 0 fully saturated rings. The van der Waals surface area contributed by atoms with E-state index in [1.165, 1.54) is 30.3 Å². The third kappa shape index (κ3) is 3.20. The van der Waals surface area contributed by atoms with Gasteiger partial charge in [-0.2, -0.15) is 0 Å². The molecule has 0 aliphatic heterocycles. The van der Waals surface area contributed by atoms with E-state index in [1.807, 2.05) is 0 Å². The number of aryl methyl sites for hydroxylation is 1. The molecule has 0 radical (unpaired) electrons. The number of sulfonamides is 1. The predicted octanol–water partition coefficient (Wildman–Crippen LogP) is 3.29. The summed E-state index contributed by atoms with van der Waals surface area (Å²) in [5.41, 5.74) is -0.411. The Balaban J connectivity index is 2.48. The van der Waals surface area contributed by atoms with Crippen molar-refractivity contribution in [3.8, 4) is 0 Å². The van der Waals surface area contributed by atoms with Crippen molar-refractivity contribution < 1.29 is 22.7 Å². The summed E-state index contributed by atoms with van der Waals surface area (Å²) >= 11 is 5.88. The van der Waals surface area contributed by atoms with E-state index in [4.69, 9.17) is 16.7 Å². The van der Waals surface area contributed by atoms with E-state index in [-0.39, 0.29) is 15.6 Å². The standard InChI is InChI=1S/C14H11ClFNO4S/c1-8-5-6-9(7-10(8)15)22(20,21)17-12-4-2-3-11(16)13(12)14(18)19/h2-7,17H,1H3,(H,18,19). The van der Waals surface area contributed by atoms with Crippen LogP contribution in [0.2, 0.25) is 5.02 Å². The van der Waals surface area contributed by atoms with Crippen molar-refractivity contribution in [1.82, 2.24) is 0 Å². The van der Waals surface area contributed by atoms with Gasteiger partial charge in [-0.25, -0.2) is 17.6 Å². The van der Waals surface area contributed by atoms with Crippen LogP contribution < -0.4 is 4.72 Å². The summed E-state index contributed by atoms with van der Waals surface area (Å²) in [7, 11) is -4.09. The quantitative estimate of drug-likeness (QED) is 0.892. The molecule has 0 heterocycles. The molecule has 2 aromatic carbocycles. The molecule has 22 heavy (non-hydrogen) atoms. The largest absolute Gasteiger partial charge is 0.478 e. The third-order valence-electron chi connectivity index (χ3n) is 2.93. The predicted molar refractivity (Wildman–Crippen MR) is 80.4 cm³/mol. The summed E-state index contributed by atoms with van der Waals surface area (Å²) in [5, 5.41) is 9.25. The summed E-state index contributed by atoms with van der Waals surface area (Å²) in [6, 6.07) is 7.38. The fourth-order valence-electron chi connectivity index (χ4n) is 1.77. The van der Waals surface area contributed by atoms with Crippen molar-refractivity contribution in [3.05, 3.63) is 58.4 Å². The highest BCUT2D eigenvalue weighted by molar-refractivity contribution is 7.92.